The molecule has 0 saturated carbocycles. The van der Waals surface area contributed by atoms with E-state index in [-0.39, 0.29) is 22.5 Å². The van der Waals surface area contributed by atoms with Gasteiger partial charge in [0.25, 0.3) is 11.5 Å². The van der Waals surface area contributed by atoms with Gasteiger partial charge in [0.2, 0.25) is 0 Å². The second-order valence-electron chi connectivity index (χ2n) is 6.65. The molecule has 32 heavy (non-hydrogen) atoms. The Labute approximate surface area is 175 Å². The molecule has 0 bridgehead atoms. The molecule has 3 rings (SSSR count). The molecule has 2 aromatic carbocycles. The number of halogens is 5. The van der Waals surface area contributed by atoms with Crippen LogP contribution in [0, 0.1) is 5.82 Å². The average molecular weight is 456 g/mol. The number of pyridine rings is 1. The Balaban J connectivity index is 2.11. The smallest absolute Gasteiger partial charge is 0.416 e. The summed E-state index contributed by atoms with van der Waals surface area (Å²) in [5.41, 5.74) is -4.77. The number of H-pyrrole nitrogens is 1. The summed E-state index contributed by atoms with van der Waals surface area (Å²) in [5, 5.41) is 20.6. The summed E-state index contributed by atoms with van der Waals surface area (Å²) in [5.74, 6) is -4.78. The highest BCUT2D eigenvalue weighted by Crippen LogP contribution is 2.39. The lowest BCUT2D eigenvalue weighted by Crippen LogP contribution is -2.33. The topological polar surface area (TPSA) is 119 Å². The number of fused-ring (bicyclic) bond motifs is 1. The predicted molar refractivity (Wildman–Crippen MR) is 101 cm³/mol. The Morgan fingerprint density at radius 3 is 2.44 bits per heavy atom. The van der Waals surface area contributed by atoms with E-state index in [1.165, 1.54) is 0 Å². The number of carbonyl (C=O) groups is 2. The molecule has 0 radical (unpaired) electrons. The van der Waals surface area contributed by atoms with E-state index in [2.05, 4.69) is 4.98 Å². The van der Waals surface area contributed by atoms with E-state index >= 15 is 4.39 Å². The van der Waals surface area contributed by atoms with E-state index in [0.717, 1.165) is 18.2 Å². The third-order valence-electron chi connectivity index (χ3n) is 4.52. The zero-order valence-electron chi connectivity index (χ0n) is 15.8. The van der Waals surface area contributed by atoms with Crippen LogP contribution in [0.1, 0.15) is 33.2 Å². The van der Waals surface area contributed by atoms with E-state index in [1.807, 2.05) is 5.32 Å². The van der Waals surface area contributed by atoms with Crippen LogP contribution >= 0.6 is 0 Å². The number of carboxylic acids is 1. The first-order valence-electron chi connectivity index (χ1n) is 8.79. The fraction of sp³-hybridized carbons (Fsp3) is 0.150. The van der Waals surface area contributed by atoms with Gasteiger partial charge in [-0.15, -0.1) is 0 Å². The maximum Gasteiger partial charge on any atom is 0.416 e. The first kappa shape index (κ1) is 22.7. The largest absolute Gasteiger partial charge is 0.506 e. The third kappa shape index (κ3) is 4.38. The molecule has 0 aliphatic rings. The van der Waals surface area contributed by atoms with Crippen molar-refractivity contribution >= 4 is 22.8 Å². The molecule has 1 heterocycles. The molecule has 7 nitrogen and oxygen atoms in total. The molecule has 1 atom stereocenters. The van der Waals surface area contributed by atoms with Gasteiger partial charge in [-0.3, -0.25) is 14.4 Å². The molecular weight excluding hydrogens is 443 g/mol. The molecule has 0 saturated heterocycles. The van der Waals surface area contributed by atoms with Gasteiger partial charge in [-0.1, -0.05) is 12.1 Å². The second kappa shape index (κ2) is 8.29. The summed E-state index contributed by atoms with van der Waals surface area (Å²) in [6, 6.07) is 4.54. The van der Waals surface area contributed by atoms with Crippen LogP contribution in [0.25, 0.3) is 10.9 Å². The molecule has 12 heteroatoms. The van der Waals surface area contributed by atoms with E-state index in [0.29, 0.717) is 12.1 Å². The number of carbonyl (C=O) groups excluding carboxylic acids is 1. The lowest BCUT2D eigenvalue weighted by atomic mass is 9.96. The molecule has 1 aromatic heterocycles. The maximum atomic E-state index is 15.1. The minimum atomic E-state index is -5.04. The minimum absolute atomic E-state index is 0.0617. The highest BCUT2D eigenvalue weighted by molar-refractivity contribution is 6.03. The molecule has 168 valence electrons. The summed E-state index contributed by atoms with van der Waals surface area (Å²) in [7, 11) is 0. The van der Waals surface area contributed by atoms with Gasteiger partial charge in [0.1, 0.15) is 23.7 Å². The number of aromatic amines is 1. The molecular formula is C20H13F5N2O5. The summed E-state index contributed by atoms with van der Waals surface area (Å²) in [4.78, 5) is 37.0. The number of rotatable bonds is 5. The Kier molecular flexibility index (Phi) is 5.88. The number of amides is 1. The van der Waals surface area contributed by atoms with Crippen molar-refractivity contribution in [1.29, 1.82) is 0 Å². The predicted octanol–water partition coefficient (Wildman–Crippen LogP) is 3.26. The first-order valence-corrected chi connectivity index (χ1v) is 8.79. The third-order valence-corrected chi connectivity index (χ3v) is 4.52. The first-order chi connectivity index (χ1) is 14.9. The van der Waals surface area contributed by atoms with Crippen molar-refractivity contribution in [2.75, 3.05) is 6.54 Å². The summed E-state index contributed by atoms with van der Waals surface area (Å²) in [6.45, 7) is -0.854. The van der Waals surface area contributed by atoms with Gasteiger partial charge < -0.3 is 20.5 Å². The van der Waals surface area contributed by atoms with Crippen LogP contribution in [0.2, 0.25) is 0 Å². The number of aromatic nitrogens is 1. The molecule has 1 unspecified atom stereocenters. The van der Waals surface area contributed by atoms with Gasteiger partial charge in [0, 0.05) is 10.9 Å². The number of benzene rings is 2. The molecule has 0 fully saturated rings. The maximum absolute atomic E-state index is 15.1. The van der Waals surface area contributed by atoms with E-state index in [4.69, 9.17) is 5.11 Å². The van der Waals surface area contributed by atoms with Crippen molar-refractivity contribution in [2.45, 2.75) is 12.3 Å². The number of aromatic hydroxyl groups is 1. The fourth-order valence-electron chi connectivity index (χ4n) is 3.08. The lowest BCUT2D eigenvalue weighted by Gasteiger charge is -2.17. The highest BCUT2D eigenvalue weighted by atomic mass is 19.4. The SMILES string of the molecule is O=C(O)CNC(=O)c1c(O)c2cc(C(F)c3ccc(F)cc3C(F)(F)F)ccc2[nH]c1=O. The van der Waals surface area contributed by atoms with Gasteiger partial charge in [-0.25, -0.2) is 8.78 Å². The van der Waals surface area contributed by atoms with Crippen molar-refractivity contribution in [2.24, 2.45) is 0 Å². The van der Waals surface area contributed by atoms with Crippen LogP contribution in [-0.2, 0) is 11.0 Å². The van der Waals surface area contributed by atoms with Crippen molar-refractivity contribution in [1.82, 2.24) is 10.3 Å². The van der Waals surface area contributed by atoms with Gasteiger partial charge in [-0.2, -0.15) is 13.2 Å². The number of aliphatic carboxylic acids is 1. The van der Waals surface area contributed by atoms with Crippen molar-refractivity contribution in [3.8, 4) is 5.75 Å². The van der Waals surface area contributed by atoms with Crippen LogP contribution in [0.5, 0.6) is 5.75 Å². The molecule has 1 amide bonds. The van der Waals surface area contributed by atoms with Crippen molar-refractivity contribution < 1.29 is 41.8 Å². The number of alkyl halides is 4. The van der Waals surface area contributed by atoms with Gasteiger partial charge in [0.15, 0.2) is 6.17 Å². The quantitative estimate of drug-likeness (QED) is 0.440. The van der Waals surface area contributed by atoms with Gasteiger partial charge in [0.05, 0.1) is 11.1 Å². The van der Waals surface area contributed by atoms with E-state index in [9.17, 15) is 37.1 Å². The normalized spacial score (nSPS) is 12.5. The molecule has 3 aromatic rings. The second-order valence-corrected chi connectivity index (χ2v) is 6.65. The van der Waals surface area contributed by atoms with E-state index < -0.39 is 64.6 Å². The van der Waals surface area contributed by atoms with Gasteiger partial charge in [-0.05, 0) is 29.8 Å². The van der Waals surface area contributed by atoms with Crippen LogP contribution in [-0.4, -0.2) is 33.6 Å². The van der Waals surface area contributed by atoms with E-state index in [1.54, 1.807) is 0 Å². The van der Waals surface area contributed by atoms with Crippen LogP contribution in [0.15, 0.2) is 41.2 Å². The zero-order valence-corrected chi connectivity index (χ0v) is 15.8. The van der Waals surface area contributed by atoms with Crippen LogP contribution in [0.3, 0.4) is 0 Å². The number of carboxylic acid groups (broad SMARTS) is 1. The molecule has 0 aliphatic carbocycles. The van der Waals surface area contributed by atoms with Gasteiger partial charge >= 0.3 is 12.1 Å². The number of nitrogens with one attached hydrogen (secondary N) is 2. The average Bonchev–Trinajstić information content (AvgIpc) is 2.71. The zero-order chi connectivity index (χ0) is 23.8. The minimum Gasteiger partial charge on any atom is -0.506 e. The highest BCUT2D eigenvalue weighted by Gasteiger charge is 2.36. The summed E-state index contributed by atoms with van der Waals surface area (Å²) in [6.07, 6.45) is -7.44. The Morgan fingerprint density at radius 2 is 1.81 bits per heavy atom. The van der Waals surface area contributed by atoms with Crippen molar-refractivity contribution in [3.05, 3.63) is 74.8 Å². The molecule has 4 N–H and O–H groups in total. The Hall–Kier alpha value is -3.96. The molecule has 0 spiro atoms. The number of hydrogen-bond donors (Lipinski definition) is 4. The lowest BCUT2D eigenvalue weighted by molar-refractivity contribution is -0.139. The Morgan fingerprint density at radius 1 is 1.12 bits per heavy atom. The Bertz CT molecular complexity index is 1290. The van der Waals surface area contributed by atoms with Crippen LogP contribution < -0.4 is 10.9 Å². The van der Waals surface area contributed by atoms with Crippen molar-refractivity contribution in [3.63, 3.8) is 0 Å². The summed E-state index contributed by atoms with van der Waals surface area (Å²) >= 11 is 0. The standard InChI is InChI=1S/C20H13F5N2O5/c21-9-2-3-10(12(6-9)20(23,24)25)16(22)8-1-4-13-11(5-8)17(30)15(19(32)27-13)18(31)26-7-14(28)29/h1-6,16H,7H2,(H,26,31)(H,28,29)(H2,27,30,32). The number of hydrogen-bond acceptors (Lipinski definition) is 4. The fourth-order valence-corrected chi connectivity index (χ4v) is 3.08. The summed E-state index contributed by atoms with van der Waals surface area (Å²) < 4.78 is 68.1. The monoisotopic (exact) mass is 456 g/mol. The van der Waals surface area contributed by atoms with Crippen LogP contribution in [0.4, 0.5) is 22.0 Å². The molecule has 0 aliphatic heterocycles.